The van der Waals surface area contributed by atoms with Gasteiger partial charge in [0.2, 0.25) is 0 Å². The van der Waals surface area contributed by atoms with Crippen LogP contribution in [0.2, 0.25) is 0 Å². The van der Waals surface area contributed by atoms with Gasteiger partial charge in [0, 0.05) is 48.4 Å². The van der Waals surface area contributed by atoms with Crippen LogP contribution in [0.5, 0.6) is 0 Å². The van der Waals surface area contributed by atoms with Crippen LogP contribution in [-0.2, 0) is 6.42 Å². The van der Waals surface area contributed by atoms with Gasteiger partial charge >= 0.3 is 0 Å². The Labute approximate surface area is 215 Å². The minimum Gasteiger partial charge on any atom is -0.354 e. The molecule has 4 aromatic rings. The topological polar surface area (TPSA) is 48.5 Å². The molecule has 1 N–H and O–H groups in total. The molecule has 2 aromatic carbocycles. The van der Waals surface area contributed by atoms with Gasteiger partial charge in [-0.15, -0.1) is 11.3 Å². The molecule has 0 bridgehead atoms. The van der Waals surface area contributed by atoms with Crippen molar-refractivity contribution in [1.82, 2.24) is 9.88 Å². The van der Waals surface area contributed by atoms with Crippen LogP contribution >= 0.6 is 11.3 Å². The predicted octanol–water partition coefficient (Wildman–Crippen LogP) is 6.01. The summed E-state index contributed by atoms with van der Waals surface area (Å²) in [5, 5.41) is 4.02. The zero-order valence-corrected chi connectivity index (χ0v) is 21.0. The number of carbonyl (C=O) groups excluding carboxylic acids is 1. The fourth-order valence-electron chi connectivity index (χ4n) is 4.68. The molecule has 1 aliphatic heterocycles. The molecule has 1 atom stereocenters. The lowest BCUT2D eigenvalue weighted by Gasteiger charge is -2.40. The number of rotatable bonds is 7. The Hall–Kier alpha value is -3.55. The first-order valence-corrected chi connectivity index (χ1v) is 13.1. The second-order valence-corrected chi connectivity index (χ2v) is 9.97. The molecular weight excluding hydrogens is 471 g/mol. The molecule has 0 saturated carbocycles. The lowest BCUT2D eigenvalue weighted by Crippen LogP contribution is -2.48. The lowest BCUT2D eigenvalue weighted by molar-refractivity contribution is 0.102. The van der Waals surface area contributed by atoms with E-state index < -0.39 is 0 Å². The molecule has 0 unspecified atom stereocenters. The monoisotopic (exact) mass is 500 g/mol. The van der Waals surface area contributed by atoms with Gasteiger partial charge in [-0.25, -0.2) is 9.37 Å². The Morgan fingerprint density at radius 3 is 2.39 bits per heavy atom. The third-order valence-electron chi connectivity index (χ3n) is 6.56. The van der Waals surface area contributed by atoms with Crippen LogP contribution in [0.15, 0.2) is 85.1 Å². The van der Waals surface area contributed by atoms with Gasteiger partial charge in [-0.2, -0.15) is 0 Å². The average Bonchev–Trinajstić information content (AvgIpc) is 3.33. The molecule has 2 aromatic heterocycles. The van der Waals surface area contributed by atoms with Crippen LogP contribution in [0.25, 0.3) is 0 Å². The highest BCUT2D eigenvalue weighted by molar-refractivity contribution is 7.16. The van der Waals surface area contributed by atoms with E-state index >= 15 is 0 Å². The van der Waals surface area contributed by atoms with Gasteiger partial charge in [0.1, 0.15) is 16.6 Å². The van der Waals surface area contributed by atoms with Crippen LogP contribution in [0, 0.1) is 5.82 Å². The van der Waals surface area contributed by atoms with Crippen LogP contribution in [-0.4, -0.2) is 42.0 Å². The summed E-state index contributed by atoms with van der Waals surface area (Å²) >= 11 is 1.62. The van der Waals surface area contributed by atoms with E-state index in [1.807, 2.05) is 66.9 Å². The second kappa shape index (κ2) is 11.0. The van der Waals surface area contributed by atoms with E-state index in [-0.39, 0.29) is 17.8 Å². The van der Waals surface area contributed by atoms with Crippen molar-refractivity contribution < 1.29 is 9.18 Å². The maximum Gasteiger partial charge on any atom is 0.256 e. The van der Waals surface area contributed by atoms with Crippen molar-refractivity contribution in [3.8, 4) is 0 Å². The molecule has 1 saturated heterocycles. The number of carbonyl (C=O) groups is 1. The van der Waals surface area contributed by atoms with Crippen molar-refractivity contribution in [2.45, 2.75) is 19.4 Å². The Morgan fingerprint density at radius 2 is 1.72 bits per heavy atom. The standard InChI is InChI=1S/C29H29FN4OS/c1-2-24-20-25(29(36-24)32-28(35)22-8-4-3-5-9-22)27(21-11-13-23(30)14-12-21)34-18-16-33(17-19-34)26-10-6-7-15-31-26/h3-15,20,27H,2,16-19H2,1H3,(H,32,35)/t27-/m0/s1. The van der Waals surface area contributed by atoms with Crippen molar-refractivity contribution in [3.63, 3.8) is 0 Å². The molecule has 36 heavy (non-hydrogen) atoms. The summed E-state index contributed by atoms with van der Waals surface area (Å²) in [5.41, 5.74) is 2.69. The van der Waals surface area contributed by atoms with Gasteiger partial charge in [-0.3, -0.25) is 9.69 Å². The zero-order chi connectivity index (χ0) is 24.9. The van der Waals surface area contributed by atoms with E-state index in [1.54, 1.807) is 11.3 Å². The Bertz CT molecular complexity index is 1290. The normalized spacial score (nSPS) is 15.0. The molecule has 5 rings (SSSR count). The average molecular weight is 501 g/mol. The number of halogens is 1. The number of nitrogens with zero attached hydrogens (tertiary/aromatic N) is 3. The number of aromatic nitrogens is 1. The summed E-state index contributed by atoms with van der Waals surface area (Å²) in [5.74, 6) is 0.601. The van der Waals surface area contributed by atoms with E-state index in [2.05, 4.69) is 33.1 Å². The number of pyridine rings is 1. The molecule has 1 aliphatic rings. The third-order valence-corrected chi connectivity index (χ3v) is 7.77. The second-order valence-electron chi connectivity index (χ2n) is 8.84. The fourth-order valence-corrected chi connectivity index (χ4v) is 5.71. The Balaban J connectivity index is 1.47. The summed E-state index contributed by atoms with van der Waals surface area (Å²) in [7, 11) is 0. The fraction of sp³-hybridized carbons (Fsp3) is 0.241. The molecule has 3 heterocycles. The summed E-state index contributed by atoms with van der Waals surface area (Å²) in [4.78, 5) is 23.5. The number of aryl methyl sites for hydroxylation is 1. The first kappa shape index (κ1) is 24.2. The summed E-state index contributed by atoms with van der Waals surface area (Å²) in [6.07, 6.45) is 2.70. The van der Waals surface area contributed by atoms with E-state index in [0.717, 1.165) is 54.5 Å². The van der Waals surface area contributed by atoms with E-state index in [0.29, 0.717) is 5.56 Å². The third kappa shape index (κ3) is 5.32. The van der Waals surface area contributed by atoms with Crippen LogP contribution in [0.4, 0.5) is 15.2 Å². The number of thiophene rings is 1. The van der Waals surface area contributed by atoms with Crippen LogP contribution in [0.3, 0.4) is 0 Å². The van der Waals surface area contributed by atoms with E-state index in [4.69, 9.17) is 0 Å². The molecule has 0 spiro atoms. The van der Waals surface area contributed by atoms with Crippen molar-refractivity contribution >= 4 is 28.1 Å². The highest BCUT2D eigenvalue weighted by Crippen LogP contribution is 2.40. The molecule has 184 valence electrons. The van der Waals surface area contributed by atoms with Crippen molar-refractivity contribution in [2.24, 2.45) is 0 Å². The molecular formula is C29H29FN4OS. The van der Waals surface area contributed by atoms with Gasteiger partial charge < -0.3 is 10.2 Å². The molecule has 1 fully saturated rings. The number of amides is 1. The van der Waals surface area contributed by atoms with Gasteiger partial charge in [0.15, 0.2) is 0 Å². The van der Waals surface area contributed by atoms with Gasteiger partial charge in [0.05, 0.1) is 6.04 Å². The number of hydrogen-bond acceptors (Lipinski definition) is 5. The SMILES string of the molecule is CCc1cc([C@H](c2ccc(F)cc2)N2CCN(c3ccccn3)CC2)c(NC(=O)c2ccccc2)s1. The first-order chi connectivity index (χ1) is 17.6. The highest BCUT2D eigenvalue weighted by Gasteiger charge is 2.30. The lowest BCUT2D eigenvalue weighted by atomic mass is 9.97. The first-order valence-electron chi connectivity index (χ1n) is 12.3. The maximum absolute atomic E-state index is 13.8. The number of anilines is 2. The van der Waals surface area contributed by atoms with E-state index in [1.165, 1.54) is 17.0 Å². The Kier molecular flexibility index (Phi) is 7.39. The summed E-state index contributed by atoms with van der Waals surface area (Å²) < 4.78 is 13.8. The molecule has 1 amide bonds. The largest absolute Gasteiger partial charge is 0.354 e. The molecule has 5 nitrogen and oxygen atoms in total. The molecule has 0 radical (unpaired) electrons. The number of benzene rings is 2. The van der Waals surface area contributed by atoms with Crippen LogP contribution in [0.1, 0.15) is 39.3 Å². The quantitative estimate of drug-likeness (QED) is 0.338. The minimum atomic E-state index is -0.255. The molecule has 7 heteroatoms. The van der Waals surface area contributed by atoms with Gasteiger partial charge in [-0.1, -0.05) is 43.3 Å². The van der Waals surface area contributed by atoms with Crippen molar-refractivity contribution in [1.29, 1.82) is 0 Å². The molecule has 0 aliphatic carbocycles. The highest BCUT2D eigenvalue weighted by atomic mass is 32.1. The summed E-state index contributed by atoms with van der Waals surface area (Å²) in [6.45, 7) is 5.44. The zero-order valence-electron chi connectivity index (χ0n) is 20.2. The minimum absolute atomic E-state index is 0.0981. The van der Waals surface area contributed by atoms with Gasteiger partial charge in [-0.05, 0) is 54.4 Å². The van der Waals surface area contributed by atoms with Crippen molar-refractivity contribution in [2.75, 3.05) is 36.4 Å². The van der Waals surface area contributed by atoms with E-state index in [9.17, 15) is 9.18 Å². The number of nitrogens with one attached hydrogen (secondary N) is 1. The summed E-state index contributed by atoms with van der Waals surface area (Å²) in [6, 6.07) is 24.1. The van der Waals surface area contributed by atoms with Gasteiger partial charge in [0.25, 0.3) is 5.91 Å². The number of piperazine rings is 1. The van der Waals surface area contributed by atoms with Crippen molar-refractivity contribution in [3.05, 3.63) is 112 Å². The maximum atomic E-state index is 13.8. The smallest absolute Gasteiger partial charge is 0.256 e. The Morgan fingerprint density at radius 1 is 1.00 bits per heavy atom. The number of hydrogen-bond donors (Lipinski definition) is 1. The van der Waals surface area contributed by atoms with Crippen LogP contribution < -0.4 is 10.2 Å². The predicted molar refractivity (Wildman–Crippen MR) is 144 cm³/mol.